The third-order valence-corrected chi connectivity index (χ3v) is 9.51. The van der Waals surface area contributed by atoms with Gasteiger partial charge in [0.15, 0.2) is 0 Å². The molecule has 1 heterocycles. The minimum absolute atomic E-state index is 0.327. The molecule has 0 spiro atoms. The fourth-order valence-electron chi connectivity index (χ4n) is 7.97. The molecule has 3 saturated carbocycles. The maximum absolute atomic E-state index is 10.7. The van der Waals surface area contributed by atoms with Gasteiger partial charge in [0.2, 0.25) is 0 Å². The van der Waals surface area contributed by atoms with Crippen LogP contribution in [0, 0.1) is 34.5 Å². The predicted octanol–water partition coefficient (Wildman–Crippen LogP) is 5.87. The standard InChI is InChI=1S/C25H35NO/c1-23(27)12-13-24(2)18(15-23)6-7-19-21-9-8-20(17-5-4-14-26-16-17)25(21,3)11-10-22(19)24/h4-5,8,14,16,18-19,21-22,27H,6-7,9-13,15H2,1-3H3/t18?,19?,21?,22?,23-,24-,25+/m0/s1. The van der Waals surface area contributed by atoms with Gasteiger partial charge in [-0.15, -0.1) is 0 Å². The van der Waals surface area contributed by atoms with Gasteiger partial charge in [-0.3, -0.25) is 4.98 Å². The van der Waals surface area contributed by atoms with Crippen LogP contribution >= 0.6 is 0 Å². The molecule has 0 saturated heterocycles. The maximum Gasteiger partial charge on any atom is 0.0622 e. The highest BCUT2D eigenvalue weighted by molar-refractivity contribution is 5.72. The van der Waals surface area contributed by atoms with Crippen molar-refractivity contribution in [3.63, 3.8) is 0 Å². The summed E-state index contributed by atoms with van der Waals surface area (Å²) >= 11 is 0. The highest BCUT2D eigenvalue weighted by Gasteiger charge is 2.59. The summed E-state index contributed by atoms with van der Waals surface area (Å²) in [6, 6.07) is 4.33. The normalized spacial score (nSPS) is 49.0. The lowest BCUT2D eigenvalue weighted by molar-refractivity contribution is -0.138. The van der Waals surface area contributed by atoms with Crippen LogP contribution in [0.25, 0.3) is 5.57 Å². The first-order chi connectivity index (χ1) is 12.8. The lowest BCUT2D eigenvalue weighted by atomic mass is 9.44. The monoisotopic (exact) mass is 365 g/mol. The van der Waals surface area contributed by atoms with Crippen LogP contribution in [0.4, 0.5) is 0 Å². The van der Waals surface area contributed by atoms with Gasteiger partial charge in [-0.2, -0.15) is 0 Å². The van der Waals surface area contributed by atoms with Gasteiger partial charge in [0.05, 0.1) is 5.60 Å². The molecular formula is C25H35NO. The van der Waals surface area contributed by atoms with Gasteiger partial charge < -0.3 is 5.11 Å². The van der Waals surface area contributed by atoms with E-state index < -0.39 is 5.60 Å². The van der Waals surface area contributed by atoms with Crippen LogP contribution in [-0.2, 0) is 0 Å². The second kappa shape index (κ2) is 5.92. The number of hydrogen-bond acceptors (Lipinski definition) is 2. The van der Waals surface area contributed by atoms with Crippen molar-refractivity contribution in [1.29, 1.82) is 0 Å². The number of fused-ring (bicyclic) bond motifs is 5. The quantitative estimate of drug-likeness (QED) is 0.675. The molecular weight excluding hydrogens is 330 g/mol. The molecule has 5 rings (SSSR count). The zero-order chi connectivity index (χ0) is 18.9. The zero-order valence-corrected chi connectivity index (χ0v) is 17.2. The van der Waals surface area contributed by atoms with E-state index in [-0.39, 0.29) is 0 Å². The van der Waals surface area contributed by atoms with Crippen LogP contribution in [0.15, 0.2) is 30.6 Å². The Hall–Kier alpha value is -1.15. The van der Waals surface area contributed by atoms with Crippen molar-refractivity contribution in [3.05, 3.63) is 36.2 Å². The minimum atomic E-state index is -0.428. The highest BCUT2D eigenvalue weighted by Crippen LogP contribution is 2.67. The molecule has 7 atom stereocenters. The van der Waals surface area contributed by atoms with Gasteiger partial charge in [0.1, 0.15) is 0 Å². The molecule has 0 aromatic carbocycles. The molecule has 1 aromatic rings. The maximum atomic E-state index is 10.7. The summed E-state index contributed by atoms with van der Waals surface area (Å²) in [6.07, 6.45) is 16.4. The summed E-state index contributed by atoms with van der Waals surface area (Å²) in [5, 5.41) is 10.7. The lowest BCUT2D eigenvalue weighted by Crippen LogP contribution is -2.55. The molecule has 4 unspecified atom stereocenters. The Bertz CT molecular complexity index is 753. The summed E-state index contributed by atoms with van der Waals surface area (Å²) < 4.78 is 0. The fraction of sp³-hybridized carbons (Fsp3) is 0.720. The molecule has 4 aliphatic carbocycles. The molecule has 1 N–H and O–H groups in total. The molecule has 0 aliphatic heterocycles. The number of rotatable bonds is 1. The third-order valence-electron chi connectivity index (χ3n) is 9.51. The van der Waals surface area contributed by atoms with Crippen LogP contribution in [-0.4, -0.2) is 15.7 Å². The van der Waals surface area contributed by atoms with Gasteiger partial charge in [-0.25, -0.2) is 0 Å². The van der Waals surface area contributed by atoms with Crippen LogP contribution in [0.3, 0.4) is 0 Å². The summed E-state index contributed by atoms with van der Waals surface area (Å²) in [5.41, 5.74) is 3.26. The van der Waals surface area contributed by atoms with Gasteiger partial charge in [0.25, 0.3) is 0 Å². The fourth-order valence-corrected chi connectivity index (χ4v) is 7.97. The Kier molecular flexibility index (Phi) is 3.93. The first kappa shape index (κ1) is 17.9. The summed E-state index contributed by atoms with van der Waals surface area (Å²) in [5.74, 6) is 3.23. The van der Waals surface area contributed by atoms with E-state index in [1.807, 2.05) is 6.20 Å². The third kappa shape index (κ3) is 2.58. The van der Waals surface area contributed by atoms with Crippen LogP contribution in [0.5, 0.6) is 0 Å². The van der Waals surface area contributed by atoms with E-state index in [4.69, 9.17) is 0 Å². The van der Waals surface area contributed by atoms with Crippen LogP contribution < -0.4 is 0 Å². The Morgan fingerprint density at radius 2 is 1.89 bits per heavy atom. The average Bonchev–Trinajstić information content (AvgIpc) is 3.00. The van der Waals surface area contributed by atoms with E-state index in [0.29, 0.717) is 10.8 Å². The van der Waals surface area contributed by atoms with Crippen molar-refractivity contribution in [2.75, 3.05) is 0 Å². The number of pyridine rings is 1. The molecule has 4 aliphatic rings. The molecule has 3 fully saturated rings. The van der Waals surface area contributed by atoms with Crippen molar-refractivity contribution < 1.29 is 5.11 Å². The topological polar surface area (TPSA) is 33.1 Å². The molecule has 0 amide bonds. The molecule has 2 heteroatoms. The summed E-state index contributed by atoms with van der Waals surface area (Å²) in [4.78, 5) is 4.39. The van der Waals surface area contributed by atoms with E-state index in [0.717, 1.165) is 36.5 Å². The molecule has 27 heavy (non-hydrogen) atoms. The molecule has 1 aromatic heterocycles. The number of allylic oxidation sites excluding steroid dienone is 2. The Balaban J connectivity index is 1.43. The van der Waals surface area contributed by atoms with E-state index >= 15 is 0 Å². The Labute approximate surface area is 164 Å². The van der Waals surface area contributed by atoms with Gasteiger partial charge in [-0.05, 0) is 110 Å². The van der Waals surface area contributed by atoms with Crippen molar-refractivity contribution in [2.24, 2.45) is 34.5 Å². The van der Waals surface area contributed by atoms with Gasteiger partial charge in [-0.1, -0.05) is 26.0 Å². The van der Waals surface area contributed by atoms with Gasteiger partial charge in [0, 0.05) is 12.4 Å². The highest BCUT2D eigenvalue weighted by atomic mass is 16.3. The van der Waals surface area contributed by atoms with Gasteiger partial charge >= 0.3 is 0 Å². The first-order valence-electron chi connectivity index (χ1n) is 11.2. The summed E-state index contributed by atoms with van der Waals surface area (Å²) in [7, 11) is 0. The van der Waals surface area contributed by atoms with Crippen molar-refractivity contribution in [2.45, 2.75) is 77.7 Å². The number of aromatic nitrogens is 1. The molecule has 0 radical (unpaired) electrons. The molecule has 0 bridgehead atoms. The van der Waals surface area contributed by atoms with Crippen LogP contribution in [0.2, 0.25) is 0 Å². The second-order valence-corrected chi connectivity index (χ2v) is 10.9. The van der Waals surface area contributed by atoms with E-state index in [2.05, 4.69) is 50.2 Å². The predicted molar refractivity (Wildman–Crippen MR) is 110 cm³/mol. The molecule has 146 valence electrons. The molecule has 2 nitrogen and oxygen atoms in total. The number of hydrogen-bond donors (Lipinski definition) is 1. The number of nitrogens with zero attached hydrogens (tertiary/aromatic N) is 1. The van der Waals surface area contributed by atoms with E-state index in [9.17, 15) is 5.11 Å². The largest absolute Gasteiger partial charge is 0.390 e. The Morgan fingerprint density at radius 3 is 2.67 bits per heavy atom. The zero-order valence-electron chi connectivity index (χ0n) is 17.2. The smallest absolute Gasteiger partial charge is 0.0622 e. The summed E-state index contributed by atoms with van der Waals surface area (Å²) in [6.45, 7) is 7.19. The van der Waals surface area contributed by atoms with Crippen LogP contribution in [0.1, 0.15) is 77.7 Å². The van der Waals surface area contributed by atoms with Crippen molar-refractivity contribution in [3.8, 4) is 0 Å². The number of aliphatic hydroxyl groups is 1. The second-order valence-electron chi connectivity index (χ2n) is 10.9. The van der Waals surface area contributed by atoms with E-state index in [1.165, 1.54) is 44.1 Å². The average molecular weight is 366 g/mol. The minimum Gasteiger partial charge on any atom is -0.390 e. The Morgan fingerprint density at radius 1 is 1.04 bits per heavy atom. The van der Waals surface area contributed by atoms with Crippen molar-refractivity contribution in [1.82, 2.24) is 4.98 Å². The van der Waals surface area contributed by atoms with Crippen molar-refractivity contribution >= 4 is 5.57 Å². The van der Waals surface area contributed by atoms with E-state index in [1.54, 1.807) is 5.57 Å². The lowest BCUT2D eigenvalue weighted by Gasteiger charge is -2.61. The first-order valence-corrected chi connectivity index (χ1v) is 11.2. The SMILES string of the molecule is C[C@]1(O)CC[C@@]2(C)C(CCC3C2CC[C@]2(C)C(c4cccnc4)=CCC32)C1.